The number of anilines is 2. The maximum atomic E-state index is 12.6. The fourth-order valence-electron chi connectivity index (χ4n) is 2.95. The number of rotatable bonds is 5. The number of nitrogens with zero attached hydrogens (tertiary/aromatic N) is 2. The van der Waals surface area contributed by atoms with Crippen LogP contribution < -0.4 is 15.0 Å². The van der Waals surface area contributed by atoms with E-state index in [0.29, 0.717) is 11.4 Å². The van der Waals surface area contributed by atoms with Crippen molar-refractivity contribution >= 4 is 29.1 Å². The van der Waals surface area contributed by atoms with E-state index >= 15 is 0 Å². The summed E-state index contributed by atoms with van der Waals surface area (Å²) in [6, 6.07) is 12.9. The Balaban J connectivity index is 1.62. The fraction of sp³-hybridized carbons (Fsp3) is 0.286. The smallest absolute Gasteiger partial charge is 0.265 e. The Bertz CT molecular complexity index is 926. The molecule has 0 unspecified atom stereocenters. The summed E-state index contributed by atoms with van der Waals surface area (Å²) in [5.74, 6) is -0.357. The van der Waals surface area contributed by atoms with Gasteiger partial charge in [-0.05, 0) is 43.2 Å². The van der Waals surface area contributed by atoms with Crippen LogP contribution in [0.15, 0.2) is 42.5 Å². The molecule has 1 aliphatic heterocycles. The summed E-state index contributed by atoms with van der Waals surface area (Å²) < 4.78 is 5.38. The molecule has 0 bridgehead atoms. The van der Waals surface area contributed by atoms with Gasteiger partial charge in [-0.3, -0.25) is 19.3 Å². The number of carbonyl (C=O) groups excluding carboxylic acids is 3. The number of hydrogen-bond acceptors (Lipinski definition) is 4. The van der Waals surface area contributed by atoms with Gasteiger partial charge in [-0.2, -0.15) is 0 Å². The maximum Gasteiger partial charge on any atom is 0.265 e. The zero-order chi connectivity index (χ0) is 20.3. The van der Waals surface area contributed by atoms with Crippen molar-refractivity contribution in [3.8, 4) is 5.75 Å². The quantitative estimate of drug-likeness (QED) is 0.861. The number of likely N-dealkylation sites (N-methyl/N-ethyl adjacent to an activating group) is 1. The Morgan fingerprint density at radius 2 is 1.93 bits per heavy atom. The van der Waals surface area contributed by atoms with E-state index in [9.17, 15) is 14.4 Å². The van der Waals surface area contributed by atoms with E-state index in [1.54, 1.807) is 31.3 Å². The second kappa shape index (κ2) is 8.12. The van der Waals surface area contributed by atoms with E-state index in [1.807, 2.05) is 32.0 Å². The van der Waals surface area contributed by atoms with Gasteiger partial charge in [-0.15, -0.1) is 0 Å². The van der Waals surface area contributed by atoms with Crippen molar-refractivity contribution in [3.05, 3.63) is 53.6 Å². The maximum absolute atomic E-state index is 12.6. The van der Waals surface area contributed by atoms with Crippen LogP contribution >= 0.6 is 0 Å². The van der Waals surface area contributed by atoms with E-state index in [0.717, 1.165) is 16.8 Å². The third-order valence-electron chi connectivity index (χ3n) is 4.58. The normalized spacial score (nSPS) is 12.8. The third-order valence-corrected chi connectivity index (χ3v) is 4.58. The van der Waals surface area contributed by atoms with Gasteiger partial charge in [0.15, 0.2) is 6.61 Å². The lowest BCUT2D eigenvalue weighted by Crippen LogP contribution is -2.46. The summed E-state index contributed by atoms with van der Waals surface area (Å²) in [4.78, 5) is 39.8. The SMILES string of the molecule is Cc1ccc(C)c(NC(=O)CN(C)C(=O)CN2C(=O)COc3ccccc32)c1. The summed E-state index contributed by atoms with van der Waals surface area (Å²) in [7, 11) is 1.54. The van der Waals surface area contributed by atoms with Gasteiger partial charge in [0.2, 0.25) is 11.8 Å². The molecule has 1 aliphatic rings. The largest absolute Gasteiger partial charge is 0.482 e. The molecule has 0 fully saturated rings. The monoisotopic (exact) mass is 381 g/mol. The Labute approximate surface area is 163 Å². The predicted molar refractivity (Wildman–Crippen MR) is 106 cm³/mol. The number of carbonyl (C=O) groups is 3. The number of aryl methyl sites for hydroxylation is 2. The molecule has 146 valence electrons. The summed E-state index contributed by atoms with van der Waals surface area (Å²) in [6.07, 6.45) is 0. The molecule has 3 amide bonds. The number of amides is 3. The Hall–Kier alpha value is -3.35. The van der Waals surface area contributed by atoms with Crippen LogP contribution in [-0.2, 0) is 14.4 Å². The minimum Gasteiger partial charge on any atom is -0.482 e. The molecule has 0 radical (unpaired) electrons. The molecule has 0 aliphatic carbocycles. The number of nitrogens with one attached hydrogen (secondary N) is 1. The van der Waals surface area contributed by atoms with Gasteiger partial charge in [0.25, 0.3) is 5.91 Å². The highest BCUT2D eigenvalue weighted by atomic mass is 16.5. The van der Waals surface area contributed by atoms with Crippen molar-refractivity contribution in [2.45, 2.75) is 13.8 Å². The van der Waals surface area contributed by atoms with Crippen LogP contribution in [0.2, 0.25) is 0 Å². The highest BCUT2D eigenvalue weighted by Gasteiger charge is 2.28. The lowest BCUT2D eigenvalue weighted by atomic mass is 10.1. The molecule has 0 aromatic heterocycles. The zero-order valence-corrected chi connectivity index (χ0v) is 16.2. The lowest BCUT2D eigenvalue weighted by Gasteiger charge is -2.30. The summed E-state index contributed by atoms with van der Waals surface area (Å²) in [5.41, 5.74) is 3.27. The van der Waals surface area contributed by atoms with Crippen LogP contribution in [0, 0.1) is 13.8 Å². The molecule has 3 rings (SSSR count). The Kier molecular flexibility index (Phi) is 5.63. The Morgan fingerprint density at radius 3 is 2.71 bits per heavy atom. The summed E-state index contributed by atoms with van der Waals surface area (Å²) in [6.45, 7) is 3.49. The predicted octanol–water partition coefficient (Wildman–Crippen LogP) is 2.13. The van der Waals surface area contributed by atoms with E-state index in [-0.39, 0.29) is 37.4 Å². The van der Waals surface area contributed by atoms with Gasteiger partial charge in [0.1, 0.15) is 12.3 Å². The van der Waals surface area contributed by atoms with E-state index in [1.165, 1.54) is 9.80 Å². The topological polar surface area (TPSA) is 79.0 Å². The van der Waals surface area contributed by atoms with Crippen LogP contribution in [0.4, 0.5) is 11.4 Å². The van der Waals surface area contributed by atoms with Gasteiger partial charge in [0.05, 0.1) is 12.2 Å². The van der Waals surface area contributed by atoms with Crippen LogP contribution in [0.3, 0.4) is 0 Å². The molecule has 0 spiro atoms. The number of fused-ring (bicyclic) bond motifs is 1. The molecule has 28 heavy (non-hydrogen) atoms. The van der Waals surface area contributed by atoms with Gasteiger partial charge in [0, 0.05) is 12.7 Å². The van der Waals surface area contributed by atoms with Crippen molar-refractivity contribution in [1.29, 1.82) is 0 Å². The molecule has 2 aromatic rings. The molecular formula is C21H23N3O4. The standard InChI is InChI=1S/C21H23N3O4/c1-14-8-9-15(2)16(10-14)22-19(25)11-23(3)20(26)12-24-17-6-4-5-7-18(17)28-13-21(24)27/h4-10H,11-13H2,1-3H3,(H,22,25). The van der Waals surface area contributed by atoms with E-state index < -0.39 is 0 Å². The van der Waals surface area contributed by atoms with Gasteiger partial charge in [-0.1, -0.05) is 24.3 Å². The van der Waals surface area contributed by atoms with Gasteiger partial charge in [-0.25, -0.2) is 0 Å². The first-order chi connectivity index (χ1) is 13.3. The number of ether oxygens (including phenoxy) is 1. The average Bonchev–Trinajstić information content (AvgIpc) is 2.66. The van der Waals surface area contributed by atoms with E-state index in [4.69, 9.17) is 4.74 Å². The number of hydrogen-bond donors (Lipinski definition) is 1. The minimum absolute atomic E-state index is 0.105. The first kappa shape index (κ1) is 19.4. The van der Waals surface area contributed by atoms with Crippen molar-refractivity contribution in [3.63, 3.8) is 0 Å². The molecular weight excluding hydrogens is 358 g/mol. The summed E-state index contributed by atoms with van der Waals surface area (Å²) in [5, 5.41) is 2.83. The molecule has 7 heteroatoms. The van der Waals surface area contributed by atoms with Crippen LogP contribution in [0.5, 0.6) is 5.75 Å². The van der Waals surface area contributed by atoms with Gasteiger partial charge < -0.3 is 15.0 Å². The second-order valence-corrected chi connectivity index (χ2v) is 6.85. The molecule has 1 heterocycles. The molecule has 0 saturated carbocycles. The molecule has 0 atom stereocenters. The lowest BCUT2D eigenvalue weighted by molar-refractivity contribution is -0.133. The summed E-state index contributed by atoms with van der Waals surface area (Å²) >= 11 is 0. The minimum atomic E-state index is -0.332. The molecule has 7 nitrogen and oxygen atoms in total. The van der Waals surface area contributed by atoms with Crippen LogP contribution in [-0.4, -0.2) is 49.4 Å². The van der Waals surface area contributed by atoms with Crippen molar-refractivity contribution in [2.24, 2.45) is 0 Å². The third kappa shape index (κ3) is 4.31. The highest BCUT2D eigenvalue weighted by Crippen LogP contribution is 2.31. The number of para-hydroxylation sites is 2. The highest BCUT2D eigenvalue weighted by molar-refractivity contribution is 6.03. The van der Waals surface area contributed by atoms with E-state index in [2.05, 4.69) is 5.32 Å². The van der Waals surface area contributed by atoms with Gasteiger partial charge >= 0.3 is 0 Å². The van der Waals surface area contributed by atoms with Crippen molar-refractivity contribution in [1.82, 2.24) is 4.90 Å². The molecule has 0 saturated heterocycles. The van der Waals surface area contributed by atoms with Crippen molar-refractivity contribution < 1.29 is 19.1 Å². The van der Waals surface area contributed by atoms with Crippen molar-refractivity contribution in [2.75, 3.05) is 37.0 Å². The Morgan fingerprint density at radius 1 is 1.18 bits per heavy atom. The first-order valence-corrected chi connectivity index (χ1v) is 8.98. The second-order valence-electron chi connectivity index (χ2n) is 6.85. The number of benzene rings is 2. The van der Waals surface area contributed by atoms with Crippen LogP contribution in [0.25, 0.3) is 0 Å². The molecule has 2 aromatic carbocycles. The van der Waals surface area contributed by atoms with Crippen LogP contribution in [0.1, 0.15) is 11.1 Å². The molecule has 1 N–H and O–H groups in total. The average molecular weight is 381 g/mol. The fourth-order valence-corrected chi connectivity index (χ4v) is 2.95. The zero-order valence-electron chi connectivity index (χ0n) is 16.2. The first-order valence-electron chi connectivity index (χ1n) is 8.98.